The quantitative estimate of drug-likeness (QED) is 0.743. The minimum atomic E-state index is 0.0677. The van der Waals surface area contributed by atoms with Crippen LogP contribution in [-0.4, -0.2) is 32.4 Å². The molecule has 1 amide bonds. The fraction of sp³-hybridized carbons (Fsp3) is 0.350. The van der Waals surface area contributed by atoms with E-state index in [0.717, 1.165) is 17.7 Å². The van der Waals surface area contributed by atoms with Crippen molar-refractivity contribution in [2.45, 2.75) is 19.1 Å². The van der Waals surface area contributed by atoms with Crippen LogP contribution in [-0.2, 0) is 17.0 Å². The molecule has 0 aliphatic rings. The van der Waals surface area contributed by atoms with Gasteiger partial charge in [-0.3, -0.25) is 4.79 Å². The predicted octanol–water partition coefficient (Wildman–Crippen LogP) is 3.60. The number of carbonyl (C=O) groups excluding carboxylic acids is 1. The molecule has 0 bridgehead atoms. The Hall–Kier alpha value is -2.14. The third-order valence-electron chi connectivity index (χ3n) is 3.77. The average molecular weight is 359 g/mol. The van der Waals surface area contributed by atoms with E-state index in [4.69, 9.17) is 9.47 Å². The zero-order valence-corrected chi connectivity index (χ0v) is 15.8. The highest BCUT2D eigenvalue weighted by atomic mass is 32.2. The van der Waals surface area contributed by atoms with Crippen molar-refractivity contribution >= 4 is 17.7 Å². The largest absolute Gasteiger partial charge is 0.493 e. The van der Waals surface area contributed by atoms with Gasteiger partial charge < -0.3 is 14.8 Å². The molecule has 2 aromatic carbocycles. The number of methoxy groups -OCH3 is 2. The number of nitrogens with one attached hydrogen (secondary N) is 1. The lowest BCUT2D eigenvalue weighted by Gasteiger charge is -2.10. The van der Waals surface area contributed by atoms with Crippen molar-refractivity contribution in [3.05, 3.63) is 59.2 Å². The van der Waals surface area contributed by atoms with Crippen LogP contribution in [0, 0.1) is 6.92 Å². The lowest BCUT2D eigenvalue weighted by molar-refractivity contribution is -0.118. The number of amides is 1. The molecule has 2 aromatic rings. The Labute approximate surface area is 153 Å². The summed E-state index contributed by atoms with van der Waals surface area (Å²) in [6.07, 6.45) is 0.759. The van der Waals surface area contributed by atoms with E-state index in [9.17, 15) is 4.79 Å². The fourth-order valence-corrected chi connectivity index (χ4v) is 3.30. The SMILES string of the molecule is COc1ccc(CCNC(=O)CSCc2cccc(C)c2)cc1OC. The van der Waals surface area contributed by atoms with Crippen LogP contribution in [0.2, 0.25) is 0 Å². The highest BCUT2D eigenvalue weighted by Gasteiger charge is 2.06. The average Bonchev–Trinajstić information content (AvgIpc) is 2.61. The first kappa shape index (κ1) is 19.2. The lowest BCUT2D eigenvalue weighted by atomic mass is 10.1. The molecule has 5 heteroatoms. The van der Waals surface area contributed by atoms with Gasteiger partial charge >= 0.3 is 0 Å². The van der Waals surface area contributed by atoms with Gasteiger partial charge in [0.1, 0.15) is 0 Å². The lowest BCUT2D eigenvalue weighted by Crippen LogP contribution is -2.27. The van der Waals surface area contributed by atoms with Gasteiger partial charge in [-0.05, 0) is 36.6 Å². The Bertz CT molecular complexity index is 703. The van der Waals surface area contributed by atoms with E-state index >= 15 is 0 Å². The normalized spacial score (nSPS) is 10.4. The zero-order chi connectivity index (χ0) is 18.1. The Morgan fingerprint density at radius 2 is 1.84 bits per heavy atom. The number of hydrogen-bond donors (Lipinski definition) is 1. The van der Waals surface area contributed by atoms with Crippen molar-refractivity contribution in [3.63, 3.8) is 0 Å². The second-order valence-electron chi connectivity index (χ2n) is 5.77. The van der Waals surface area contributed by atoms with Gasteiger partial charge in [0.15, 0.2) is 11.5 Å². The molecule has 0 spiro atoms. The molecule has 0 aliphatic heterocycles. The van der Waals surface area contributed by atoms with Crippen LogP contribution in [0.3, 0.4) is 0 Å². The second kappa shape index (κ2) is 9.99. The van der Waals surface area contributed by atoms with Crippen LogP contribution in [0.25, 0.3) is 0 Å². The third kappa shape index (κ3) is 6.35. The van der Waals surface area contributed by atoms with Crippen molar-refractivity contribution in [1.82, 2.24) is 5.32 Å². The maximum absolute atomic E-state index is 11.9. The Kier molecular flexibility index (Phi) is 7.67. The molecule has 25 heavy (non-hydrogen) atoms. The number of hydrogen-bond acceptors (Lipinski definition) is 4. The minimum Gasteiger partial charge on any atom is -0.493 e. The summed E-state index contributed by atoms with van der Waals surface area (Å²) in [7, 11) is 3.24. The Balaban J connectivity index is 1.70. The molecule has 134 valence electrons. The van der Waals surface area contributed by atoms with Crippen molar-refractivity contribution in [3.8, 4) is 11.5 Å². The van der Waals surface area contributed by atoms with Gasteiger partial charge in [0, 0.05) is 12.3 Å². The fourth-order valence-electron chi connectivity index (χ4n) is 2.50. The van der Waals surface area contributed by atoms with Crippen LogP contribution < -0.4 is 14.8 Å². The van der Waals surface area contributed by atoms with Gasteiger partial charge in [0.25, 0.3) is 0 Å². The molecule has 0 heterocycles. The van der Waals surface area contributed by atoms with Gasteiger partial charge in [-0.15, -0.1) is 11.8 Å². The molecular weight excluding hydrogens is 334 g/mol. The van der Waals surface area contributed by atoms with Crippen LogP contribution >= 0.6 is 11.8 Å². The molecule has 2 rings (SSSR count). The number of thioether (sulfide) groups is 1. The van der Waals surface area contributed by atoms with Crippen molar-refractivity contribution in [1.29, 1.82) is 0 Å². The van der Waals surface area contributed by atoms with Gasteiger partial charge in [-0.25, -0.2) is 0 Å². The highest BCUT2D eigenvalue weighted by Crippen LogP contribution is 2.27. The van der Waals surface area contributed by atoms with E-state index in [1.807, 2.05) is 18.2 Å². The topological polar surface area (TPSA) is 47.6 Å². The standard InChI is InChI=1S/C20H25NO3S/c1-15-5-4-6-17(11-15)13-25-14-20(22)21-10-9-16-7-8-18(23-2)19(12-16)24-3/h4-8,11-12H,9-10,13-14H2,1-3H3,(H,21,22). The summed E-state index contributed by atoms with van der Waals surface area (Å²) < 4.78 is 10.5. The summed E-state index contributed by atoms with van der Waals surface area (Å²) in [4.78, 5) is 11.9. The maximum Gasteiger partial charge on any atom is 0.230 e. The molecule has 0 unspecified atom stereocenters. The number of rotatable bonds is 9. The van der Waals surface area contributed by atoms with Gasteiger partial charge in [0.2, 0.25) is 5.91 Å². The molecule has 0 atom stereocenters. The van der Waals surface area contributed by atoms with Crippen molar-refractivity contribution in [2.24, 2.45) is 0 Å². The van der Waals surface area contributed by atoms with Crippen LogP contribution in [0.4, 0.5) is 0 Å². The second-order valence-corrected chi connectivity index (χ2v) is 6.76. The van der Waals surface area contributed by atoms with E-state index in [1.54, 1.807) is 26.0 Å². The number of aryl methyl sites for hydroxylation is 1. The molecule has 0 radical (unpaired) electrons. The first-order valence-corrected chi connectivity index (χ1v) is 9.38. The maximum atomic E-state index is 11.9. The molecular formula is C20H25NO3S. The first-order valence-electron chi connectivity index (χ1n) is 8.23. The van der Waals surface area contributed by atoms with E-state index in [2.05, 4.69) is 36.5 Å². The third-order valence-corrected chi connectivity index (χ3v) is 4.77. The molecule has 0 aromatic heterocycles. The van der Waals surface area contributed by atoms with E-state index < -0.39 is 0 Å². The molecule has 1 N–H and O–H groups in total. The minimum absolute atomic E-state index is 0.0677. The number of carbonyl (C=O) groups is 1. The van der Waals surface area contributed by atoms with E-state index in [-0.39, 0.29) is 5.91 Å². The molecule has 0 saturated carbocycles. The van der Waals surface area contributed by atoms with Gasteiger partial charge in [-0.2, -0.15) is 0 Å². The van der Waals surface area contributed by atoms with Crippen molar-refractivity contribution < 1.29 is 14.3 Å². The zero-order valence-electron chi connectivity index (χ0n) is 15.0. The van der Waals surface area contributed by atoms with Crippen LogP contribution in [0.15, 0.2) is 42.5 Å². The molecule has 0 saturated heterocycles. The van der Waals surface area contributed by atoms with E-state index in [0.29, 0.717) is 23.8 Å². The van der Waals surface area contributed by atoms with Crippen LogP contribution in [0.5, 0.6) is 11.5 Å². The molecule has 4 nitrogen and oxygen atoms in total. The number of benzene rings is 2. The Morgan fingerprint density at radius 1 is 1.04 bits per heavy atom. The Morgan fingerprint density at radius 3 is 2.56 bits per heavy atom. The van der Waals surface area contributed by atoms with Gasteiger partial charge in [-0.1, -0.05) is 35.9 Å². The predicted molar refractivity (Wildman–Crippen MR) is 104 cm³/mol. The summed E-state index contributed by atoms with van der Waals surface area (Å²) in [5, 5.41) is 2.96. The monoisotopic (exact) mass is 359 g/mol. The van der Waals surface area contributed by atoms with E-state index in [1.165, 1.54) is 11.1 Å². The highest BCUT2D eigenvalue weighted by molar-refractivity contribution is 7.99. The summed E-state index contributed by atoms with van der Waals surface area (Å²) in [5.41, 5.74) is 3.60. The number of ether oxygens (including phenoxy) is 2. The summed E-state index contributed by atoms with van der Waals surface area (Å²) in [6.45, 7) is 2.69. The smallest absolute Gasteiger partial charge is 0.230 e. The summed E-state index contributed by atoms with van der Waals surface area (Å²) >= 11 is 1.63. The molecule has 0 aliphatic carbocycles. The summed E-state index contributed by atoms with van der Waals surface area (Å²) in [5.74, 6) is 2.81. The van der Waals surface area contributed by atoms with Crippen LogP contribution in [0.1, 0.15) is 16.7 Å². The van der Waals surface area contributed by atoms with Gasteiger partial charge in [0.05, 0.1) is 20.0 Å². The summed E-state index contributed by atoms with van der Waals surface area (Å²) in [6, 6.07) is 14.2. The molecule has 0 fully saturated rings. The van der Waals surface area contributed by atoms with Crippen molar-refractivity contribution in [2.75, 3.05) is 26.5 Å². The first-order chi connectivity index (χ1) is 12.1.